The van der Waals surface area contributed by atoms with Gasteiger partial charge in [0.25, 0.3) is 11.8 Å². The van der Waals surface area contributed by atoms with Crippen molar-refractivity contribution in [3.8, 4) is 0 Å². The van der Waals surface area contributed by atoms with E-state index in [1.165, 1.54) is 0 Å². The van der Waals surface area contributed by atoms with Crippen LogP contribution >= 0.6 is 0 Å². The van der Waals surface area contributed by atoms with Crippen LogP contribution < -0.4 is 4.90 Å². The third-order valence-electron chi connectivity index (χ3n) is 7.19. The first-order valence-corrected chi connectivity index (χ1v) is 12.2. The molecule has 0 aliphatic carbocycles. The van der Waals surface area contributed by atoms with Crippen molar-refractivity contribution >= 4 is 17.5 Å². The van der Waals surface area contributed by atoms with Crippen molar-refractivity contribution in [1.82, 2.24) is 4.90 Å². The van der Waals surface area contributed by atoms with E-state index in [0.29, 0.717) is 25.3 Å². The van der Waals surface area contributed by atoms with Crippen LogP contribution in [0.5, 0.6) is 0 Å². The molecule has 2 aliphatic rings. The van der Waals surface area contributed by atoms with Crippen molar-refractivity contribution in [3.63, 3.8) is 0 Å². The van der Waals surface area contributed by atoms with Gasteiger partial charge < -0.3 is 14.5 Å². The van der Waals surface area contributed by atoms with Gasteiger partial charge in [-0.15, -0.1) is 0 Å². The molecule has 178 valence electrons. The number of benzene rings is 4. The van der Waals surface area contributed by atoms with E-state index in [1.807, 2.05) is 120 Å². The third kappa shape index (κ3) is 3.43. The number of carbonyl (C=O) groups excluding carboxylic acids is 2. The van der Waals surface area contributed by atoms with Crippen LogP contribution in [-0.2, 0) is 21.7 Å². The second-order valence-electron chi connectivity index (χ2n) is 9.14. The van der Waals surface area contributed by atoms with E-state index in [0.717, 1.165) is 22.4 Å². The van der Waals surface area contributed by atoms with E-state index < -0.39 is 11.6 Å². The summed E-state index contributed by atoms with van der Waals surface area (Å²) in [6, 6.07) is 37.1. The maximum absolute atomic E-state index is 13.7. The Hall–Kier alpha value is -4.22. The fourth-order valence-corrected chi connectivity index (χ4v) is 5.54. The second kappa shape index (κ2) is 9.10. The topological polar surface area (TPSA) is 49.9 Å². The zero-order valence-corrected chi connectivity index (χ0v) is 19.8. The summed E-state index contributed by atoms with van der Waals surface area (Å²) in [5, 5.41) is 0. The Kier molecular flexibility index (Phi) is 5.62. The van der Waals surface area contributed by atoms with E-state index in [1.54, 1.807) is 4.90 Å². The van der Waals surface area contributed by atoms with Crippen molar-refractivity contribution in [1.29, 1.82) is 0 Å². The van der Waals surface area contributed by atoms with Crippen molar-refractivity contribution in [2.45, 2.75) is 18.2 Å². The van der Waals surface area contributed by atoms with Crippen LogP contribution in [0.3, 0.4) is 0 Å². The lowest BCUT2D eigenvalue weighted by molar-refractivity contribution is -0.191. The zero-order chi connectivity index (χ0) is 24.5. The lowest BCUT2D eigenvalue weighted by Crippen LogP contribution is -2.73. The molecule has 2 aliphatic heterocycles. The minimum atomic E-state index is -0.824. The van der Waals surface area contributed by atoms with Gasteiger partial charge in [0.1, 0.15) is 5.54 Å². The summed E-state index contributed by atoms with van der Waals surface area (Å²) in [4.78, 5) is 30.9. The van der Waals surface area contributed by atoms with E-state index in [-0.39, 0.29) is 11.8 Å². The Bertz CT molecular complexity index is 1390. The van der Waals surface area contributed by atoms with Crippen molar-refractivity contribution in [2.24, 2.45) is 0 Å². The van der Waals surface area contributed by atoms with Gasteiger partial charge in [0.05, 0.1) is 12.3 Å². The molecular weight excluding hydrogens is 448 g/mol. The van der Waals surface area contributed by atoms with Gasteiger partial charge in [-0.3, -0.25) is 9.59 Å². The summed E-state index contributed by atoms with van der Waals surface area (Å²) in [5.74, 6) is -0.137. The van der Waals surface area contributed by atoms with Gasteiger partial charge in [-0.05, 0) is 29.3 Å². The normalized spacial score (nSPS) is 20.7. The van der Waals surface area contributed by atoms with Gasteiger partial charge in [0.2, 0.25) is 0 Å². The summed E-state index contributed by atoms with van der Waals surface area (Å²) in [6.07, 6.45) is -0.701. The smallest absolute Gasteiger partial charge is 0.258 e. The average molecular weight is 475 g/mol. The van der Waals surface area contributed by atoms with Crippen LogP contribution in [0.2, 0.25) is 0 Å². The van der Waals surface area contributed by atoms with Crippen LogP contribution in [0, 0.1) is 0 Å². The molecule has 2 atom stereocenters. The standard InChI is InChI=1S/C31H26N2O3/c34-29(24-14-6-2-7-15-24)32-20-21-33-30(35)28(36-22-23-12-4-1-5-13-23)31(33,25-16-8-3-9-17-25)26-18-10-11-19-27(26)32/h1-19,28H,20-22H2/t28-,31+/m1/s1. The lowest BCUT2D eigenvalue weighted by Gasteiger charge is -2.57. The van der Waals surface area contributed by atoms with Crippen LogP contribution in [0.25, 0.3) is 0 Å². The SMILES string of the molecule is O=C(c1ccccc1)N1CCN2C(=O)[C@@H](OCc3ccccc3)[C@]2(c2ccccc2)c2ccccc21. The van der Waals surface area contributed by atoms with E-state index in [4.69, 9.17) is 4.74 Å². The summed E-state index contributed by atoms with van der Waals surface area (Å²) in [5.41, 5.74) is 3.48. The molecule has 4 aromatic carbocycles. The van der Waals surface area contributed by atoms with Gasteiger partial charge in [0, 0.05) is 24.2 Å². The first-order valence-electron chi connectivity index (χ1n) is 12.2. The minimum Gasteiger partial charge on any atom is -0.360 e. The Morgan fingerprint density at radius 3 is 2.11 bits per heavy atom. The van der Waals surface area contributed by atoms with Crippen LogP contribution in [0.4, 0.5) is 5.69 Å². The number of carbonyl (C=O) groups is 2. The molecule has 5 nitrogen and oxygen atoms in total. The highest BCUT2D eigenvalue weighted by molar-refractivity contribution is 6.07. The molecule has 0 radical (unpaired) electrons. The minimum absolute atomic E-state index is 0.0569. The highest BCUT2D eigenvalue weighted by Gasteiger charge is 2.64. The molecule has 0 aromatic heterocycles. The first-order chi connectivity index (χ1) is 17.7. The molecule has 1 fully saturated rings. The number of ether oxygens (including phenoxy) is 1. The highest BCUT2D eigenvalue weighted by atomic mass is 16.5. The predicted octanol–water partition coefficient (Wildman–Crippen LogP) is 5.02. The summed E-state index contributed by atoms with van der Waals surface area (Å²) < 4.78 is 6.40. The summed E-state index contributed by atoms with van der Waals surface area (Å²) >= 11 is 0. The molecule has 0 unspecified atom stereocenters. The fraction of sp³-hybridized carbons (Fsp3) is 0.161. The van der Waals surface area contributed by atoms with Crippen LogP contribution in [0.15, 0.2) is 115 Å². The average Bonchev–Trinajstić information content (AvgIpc) is 3.07. The molecule has 2 amide bonds. The lowest BCUT2D eigenvalue weighted by atomic mass is 9.69. The molecule has 0 N–H and O–H groups in total. The number of anilines is 1. The monoisotopic (exact) mass is 474 g/mol. The molecule has 0 spiro atoms. The van der Waals surface area contributed by atoms with E-state index >= 15 is 0 Å². The van der Waals surface area contributed by atoms with Crippen LogP contribution in [-0.4, -0.2) is 35.9 Å². The first kappa shape index (κ1) is 22.3. The maximum atomic E-state index is 13.7. The number of fused-ring (bicyclic) bond motifs is 3. The van der Waals surface area contributed by atoms with Crippen molar-refractivity contribution < 1.29 is 14.3 Å². The predicted molar refractivity (Wildman–Crippen MR) is 139 cm³/mol. The molecule has 5 heteroatoms. The molecule has 6 rings (SSSR count). The largest absolute Gasteiger partial charge is 0.360 e. The number of hydrogen-bond donors (Lipinski definition) is 0. The number of nitrogens with zero attached hydrogens (tertiary/aromatic N) is 2. The van der Waals surface area contributed by atoms with Gasteiger partial charge in [-0.1, -0.05) is 97.1 Å². The number of rotatable bonds is 5. The Morgan fingerprint density at radius 1 is 0.778 bits per heavy atom. The Balaban J connectivity index is 1.48. The van der Waals surface area contributed by atoms with E-state index in [9.17, 15) is 9.59 Å². The number of β-lactam (4-membered cyclic amide) rings is 1. The maximum Gasteiger partial charge on any atom is 0.258 e. The van der Waals surface area contributed by atoms with Gasteiger partial charge in [-0.25, -0.2) is 0 Å². The van der Waals surface area contributed by atoms with Gasteiger partial charge in [0.15, 0.2) is 6.10 Å². The molecule has 0 bridgehead atoms. The fourth-order valence-electron chi connectivity index (χ4n) is 5.54. The van der Waals surface area contributed by atoms with E-state index in [2.05, 4.69) is 0 Å². The second-order valence-corrected chi connectivity index (χ2v) is 9.14. The molecule has 36 heavy (non-hydrogen) atoms. The Morgan fingerprint density at radius 2 is 1.39 bits per heavy atom. The summed E-state index contributed by atoms with van der Waals surface area (Å²) in [6.45, 7) is 1.14. The molecule has 0 saturated carbocycles. The Labute approximate surface area is 210 Å². The number of hydrogen-bond acceptors (Lipinski definition) is 3. The third-order valence-corrected chi connectivity index (χ3v) is 7.19. The molecule has 2 heterocycles. The molecule has 1 saturated heterocycles. The molecule has 4 aromatic rings. The van der Waals surface area contributed by atoms with Crippen LogP contribution in [0.1, 0.15) is 27.0 Å². The highest BCUT2D eigenvalue weighted by Crippen LogP contribution is 2.53. The number of amides is 2. The van der Waals surface area contributed by atoms with Crippen molar-refractivity contribution in [3.05, 3.63) is 138 Å². The number of para-hydroxylation sites is 1. The molecular formula is C31H26N2O3. The van der Waals surface area contributed by atoms with Gasteiger partial charge >= 0.3 is 0 Å². The zero-order valence-electron chi connectivity index (χ0n) is 19.8. The summed E-state index contributed by atoms with van der Waals surface area (Å²) in [7, 11) is 0. The quantitative estimate of drug-likeness (QED) is 0.382. The van der Waals surface area contributed by atoms with Crippen molar-refractivity contribution in [2.75, 3.05) is 18.0 Å². The van der Waals surface area contributed by atoms with Gasteiger partial charge in [-0.2, -0.15) is 0 Å².